The summed E-state index contributed by atoms with van der Waals surface area (Å²) in [5.74, 6) is 0.587. The van der Waals surface area contributed by atoms with E-state index < -0.39 is 0 Å². The first-order valence-electron chi connectivity index (χ1n) is 8.81. The molecule has 0 saturated heterocycles. The van der Waals surface area contributed by atoms with E-state index >= 15 is 0 Å². The Morgan fingerprint density at radius 2 is 2.09 bits per heavy atom. The van der Waals surface area contributed by atoms with Crippen LogP contribution >= 0.6 is 0 Å². The molecule has 1 aromatic heterocycles. The number of hydrogen-bond donors (Lipinski definition) is 1. The van der Waals surface area contributed by atoms with E-state index in [1.165, 1.54) is 0 Å². The lowest BCUT2D eigenvalue weighted by Gasteiger charge is -2.41. The number of carbonyl (C=O) groups excluding carboxylic acids is 1. The topological polar surface area (TPSA) is 58.4 Å². The summed E-state index contributed by atoms with van der Waals surface area (Å²) in [6.07, 6.45) is 4.04. The number of amides is 1. The highest BCUT2D eigenvalue weighted by atomic mass is 16.5. The van der Waals surface area contributed by atoms with Crippen molar-refractivity contribution in [2.45, 2.75) is 66.3 Å². The zero-order valence-corrected chi connectivity index (χ0v) is 15.6. The second-order valence-electron chi connectivity index (χ2n) is 6.78. The zero-order valence-electron chi connectivity index (χ0n) is 15.6. The minimum absolute atomic E-state index is 0.0334. The number of rotatable bonds is 10. The molecule has 1 amide bonds. The molecule has 0 aliphatic heterocycles. The van der Waals surface area contributed by atoms with E-state index in [0.717, 1.165) is 38.0 Å². The number of nitrogens with zero attached hydrogens (tertiary/aromatic N) is 2. The fourth-order valence-corrected chi connectivity index (χ4v) is 3.05. The molecule has 0 bridgehead atoms. The molecule has 5 heteroatoms. The molecule has 1 N–H and O–H groups in total. The standard InChI is InChI=1S/C18H33N3O2/c1-7-10-18(5,14(4)21(6)11-8-2)13-19-17(22)16-12-15(9-3)23-20-16/h12,14H,7-11,13H2,1-6H3,(H,19,22). The van der Waals surface area contributed by atoms with Gasteiger partial charge in [-0.1, -0.05) is 39.3 Å². The Hall–Kier alpha value is -1.36. The van der Waals surface area contributed by atoms with Gasteiger partial charge in [-0.3, -0.25) is 4.79 Å². The van der Waals surface area contributed by atoms with Gasteiger partial charge in [0.05, 0.1) is 0 Å². The van der Waals surface area contributed by atoms with E-state index in [4.69, 9.17) is 4.52 Å². The summed E-state index contributed by atoms with van der Waals surface area (Å²) in [6, 6.07) is 2.12. The van der Waals surface area contributed by atoms with E-state index in [2.05, 4.69) is 50.1 Å². The van der Waals surface area contributed by atoms with Crippen molar-refractivity contribution < 1.29 is 9.32 Å². The maximum Gasteiger partial charge on any atom is 0.273 e. The highest BCUT2D eigenvalue weighted by Crippen LogP contribution is 2.30. The lowest BCUT2D eigenvalue weighted by atomic mass is 9.78. The van der Waals surface area contributed by atoms with Gasteiger partial charge in [-0.05, 0) is 33.4 Å². The third-order valence-corrected chi connectivity index (χ3v) is 4.86. The van der Waals surface area contributed by atoms with Gasteiger partial charge in [0.25, 0.3) is 5.91 Å². The van der Waals surface area contributed by atoms with Gasteiger partial charge in [-0.25, -0.2) is 0 Å². The molecule has 1 aromatic rings. The average Bonchev–Trinajstić information content (AvgIpc) is 3.01. The third kappa shape index (κ3) is 5.34. The average molecular weight is 323 g/mol. The zero-order chi connectivity index (χ0) is 17.5. The van der Waals surface area contributed by atoms with Gasteiger partial charge in [0.2, 0.25) is 0 Å². The number of hydrogen-bond acceptors (Lipinski definition) is 4. The number of carbonyl (C=O) groups is 1. The van der Waals surface area contributed by atoms with Crippen LogP contribution < -0.4 is 5.32 Å². The van der Waals surface area contributed by atoms with Gasteiger partial charge < -0.3 is 14.7 Å². The van der Waals surface area contributed by atoms with E-state index in [9.17, 15) is 4.79 Å². The fraction of sp³-hybridized carbons (Fsp3) is 0.778. The van der Waals surface area contributed by atoms with Crippen LogP contribution in [0.3, 0.4) is 0 Å². The maximum absolute atomic E-state index is 12.3. The summed E-state index contributed by atoms with van der Waals surface area (Å²) >= 11 is 0. The summed E-state index contributed by atoms with van der Waals surface area (Å²) < 4.78 is 5.11. The minimum atomic E-state index is -0.152. The molecule has 23 heavy (non-hydrogen) atoms. The van der Waals surface area contributed by atoms with Crippen LogP contribution in [-0.4, -0.2) is 42.1 Å². The molecule has 0 radical (unpaired) electrons. The second kappa shape index (κ2) is 9.06. The van der Waals surface area contributed by atoms with Crippen molar-refractivity contribution in [2.24, 2.45) is 5.41 Å². The monoisotopic (exact) mass is 323 g/mol. The van der Waals surface area contributed by atoms with E-state index in [1.54, 1.807) is 6.07 Å². The van der Waals surface area contributed by atoms with Crippen LogP contribution in [0.15, 0.2) is 10.6 Å². The summed E-state index contributed by atoms with van der Waals surface area (Å²) in [6.45, 7) is 12.6. The van der Waals surface area contributed by atoms with Gasteiger partial charge >= 0.3 is 0 Å². The van der Waals surface area contributed by atoms with Crippen molar-refractivity contribution in [1.29, 1.82) is 0 Å². The van der Waals surface area contributed by atoms with Crippen LogP contribution in [0.2, 0.25) is 0 Å². The molecule has 2 atom stereocenters. The number of nitrogens with one attached hydrogen (secondary N) is 1. The molecule has 0 spiro atoms. The lowest BCUT2D eigenvalue weighted by molar-refractivity contribution is 0.0802. The Balaban J connectivity index is 2.72. The maximum atomic E-state index is 12.3. The molecule has 1 rings (SSSR count). The van der Waals surface area contributed by atoms with Gasteiger partial charge in [0.1, 0.15) is 5.76 Å². The van der Waals surface area contributed by atoms with Gasteiger partial charge in [0.15, 0.2) is 5.69 Å². The molecule has 1 heterocycles. The molecule has 0 aliphatic carbocycles. The highest BCUT2D eigenvalue weighted by molar-refractivity contribution is 5.92. The van der Waals surface area contributed by atoms with Crippen molar-refractivity contribution in [3.05, 3.63) is 17.5 Å². The van der Waals surface area contributed by atoms with Crippen molar-refractivity contribution in [3.63, 3.8) is 0 Å². The van der Waals surface area contributed by atoms with E-state index in [0.29, 0.717) is 18.3 Å². The van der Waals surface area contributed by atoms with Crippen LogP contribution in [0.1, 0.15) is 70.1 Å². The van der Waals surface area contributed by atoms with Crippen LogP contribution in [0, 0.1) is 5.41 Å². The van der Waals surface area contributed by atoms with Gasteiger partial charge in [0, 0.05) is 30.5 Å². The minimum Gasteiger partial charge on any atom is -0.361 e. The van der Waals surface area contributed by atoms with Crippen LogP contribution in [0.25, 0.3) is 0 Å². The molecule has 0 aromatic carbocycles. The molecule has 0 aliphatic rings. The Kier molecular flexibility index (Phi) is 7.76. The number of aryl methyl sites for hydroxylation is 1. The fourth-order valence-electron chi connectivity index (χ4n) is 3.05. The smallest absolute Gasteiger partial charge is 0.273 e. The summed E-state index contributed by atoms with van der Waals surface area (Å²) in [7, 11) is 2.16. The largest absolute Gasteiger partial charge is 0.361 e. The van der Waals surface area contributed by atoms with Crippen molar-refractivity contribution >= 4 is 5.91 Å². The van der Waals surface area contributed by atoms with Crippen molar-refractivity contribution in [2.75, 3.05) is 20.1 Å². The molecular weight excluding hydrogens is 290 g/mol. The Morgan fingerprint density at radius 3 is 2.61 bits per heavy atom. The van der Waals surface area contributed by atoms with Gasteiger partial charge in [-0.15, -0.1) is 0 Å². The Morgan fingerprint density at radius 1 is 1.39 bits per heavy atom. The lowest BCUT2D eigenvalue weighted by Crippen LogP contribution is -2.49. The first-order chi connectivity index (χ1) is 10.9. The Labute approximate surface area is 140 Å². The van der Waals surface area contributed by atoms with Crippen LogP contribution in [0.5, 0.6) is 0 Å². The van der Waals surface area contributed by atoms with Crippen molar-refractivity contribution in [1.82, 2.24) is 15.4 Å². The molecule has 0 fully saturated rings. The first kappa shape index (κ1) is 19.7. The quantitative estimate of drug-likeness (QED) is 0.716. The van der Waals surface area contributed by atoms with E-state index in [1.807, 2.05) is 6.92 Å². The highest BCUT2D eigenvalue weighted by Gasteiger charge is 2.33. The third-order valence-electron chi connectivity index (χ3n) is 4.86. The van der Waals surface area contributed by atoms with Crippen LogP contribution in [-0.2, 0) is 6.42 Å². The van der Waals surface area contributed by atoms with Crippen LogP contribution in [0.4, 0.5) is 0 Å². The molecule has 2 unspecified atom stereocenters. The normalized spacial score (nSPS) is 15.4. The summed E-state index contributed by atoms with van der Waals surface area (Å²) in [5, 5.41) is 6.90. The molecule has 5 nitrogen and oxygen atoms in total. The SMILES string of the molecule is CCCN(C)C(C)C(C)(CCC)CNC(=O)c1cc(CC)on1. The Bertz CT molecular complexity index is 486. The predicted octanol–water partition coefficient (Wildman–Crippen LogP) is 3.50. The van der Waals surface area contributed by atoms with E-state index in [-0.39, 0.29) is 11.3 Å². The summed E-state index contributed by atoms with van der Waals surface area (Å²) in [5.41, 5.74) is 0.404. The van der Waals surface area contributed by atoms with Gasteiger partial charge in [-0.2, -0.15) is 0 Å². The second-order valence-corrected chi connectivity index (χ2v) is 6.78. The number of aromatic nitrogens is 1. The molecule has 0 saturated carbocycles. The molecular formula is C18H33N3O2. The summed E-state index contributed by atoms with van der Waals surface area (Å²) in [4.78, 5) is 14.7. The molecule has 132 valence electrons. The first-order valence-corrected chi connectivity index (χ1v) is 8.81. The predicted molar refractivity (Wildman–Crippen MR) is 93.6 cm³/mol. The van der Waals surface area contributed by atoms with Crippen molar-refractivity contribution in [3.8, 4) is 0 Å².